The second-order valence-electron chi connectivity index (χ2n) is 6.05. The van der Waals surface area contributed by atoms with Gasteiger partial charge in [-0.1, -0.05) is 13.8 Å². The summed E-state index contributed by atoms with van der Waals surface area (Å²) >= 11 is 0. The molecular weight excluding hydrogens is 316 g/mol. The van der Waals surface area contributed by atoms with E-state index in [9.17, 15) is 13.2 Å². The fourth-order valence-electron chi connectivity index (χ4n) is 2.17. The summed E-state index contributed by atoms with van der Waals surface area (Å²) in [6, 6.07) is 6.13. The summed E-state index contributed by atoms with van der Waals surface area (Å²) in [6.45, 7) is 7.54. The average molecular weight is 340 g/mol. The third-order valence-electron chi connectivity index (χ3n) is 4.08. The first-order chi connectivity index (χ1) is 10.8. The highest BCUT2D eigenvalue weighted by molar-refractivity contribution is 7.89. The minimum atomic E-state index is -3.52. The molecule has 1 aromatic rings. The summed E-state index contributed by atoms with van der Waals surface area (Å²) in [6.07, 6.45) is 0. The van der Waals surface area contributed by atoms with Crippen LogP contribution in [0.5, 0.6) is 0 Å². The number of hydrogen-bond acceptors (Lipinski definition) is 4. The second-order valence-corrected chi connectivity index (χ2v) is 7.98. The summed E-state index contributed by atoms with van der Waals surface area (Å²) in [4.78, 5) is 12.3. The Hall–Kier alpha value is -1.44. The molecule has 0 bridgehead atoms. The van der Waals surface area contributed by atoms with Crippen LogP contribution < -0.4 is 5.32 Å². The van der Waals surface area contributed by atoms with Crippen molar-refractivity contribution >= 4 is 15.9 Å². The van der Waals surface area contributed by atoms with Crippen molar-refractivity contribution in [2.75, 3.05) is 26.3 Å². The monoisotopic (exact) mass is 340 g/mol. The van der Waals surface area contributed by atoms with E-state index in [1.807, 2.05) is 20.8 Å². The molecule has 1 aliphatic heterocycles. The van der Waals surface area contributed by atoms with E-state index in [1.165, 1.54) is 16.4 Å². The van der Waals surface area contributed by atoms with Gasteiger partial charge < -0.3 is 10.1 Å². The van der Waals surface area contributed by atoms with E-state index in [-0.39, 0.29) is 16.8 Å². The predicted molar refractivity (Wildman–Crippen MR) is 87.8 cm³/mol. The molecule has 1 N–H and O–H groups in total. The largest absolute Gasteiger partial charge is 0.379 e. The van der Waals surface area contributed by atoms with Gasteiger partial charge in [0.2, 0.25) is 10.0 Å². The molecule has 1 atom stereocenters. The second kappa shape index (κ2) is 7.42. The van der Waals surface area contributed by atoms with Crippen LogP contribution in [0.4, 0.5) is 0 Å². The van der Waals surface area contributed by atoms with E-state index in [2.05, 4.69) is 5.32 Å². The van der Waals surface area contributed by atoms with Crippen LogP contribution in [0.1, 0.15) is 31.1 Å². The molecule has 0 aliphatic carbocycles. The Labute approximate surface area is 137 Å². The third-order valence-corrected chi connectivity index (χ3v) is 6.00. The number of benzene rings is 1. The predicted octanol–water partition coefficient (Wildman–Crippen LogP) is 1.48. The number of carbonyl (C=O) groups excluding carboxylic acids is 1. The van der Waals surface area contributed by atoms with E-state index >= 15 is 0 Å². The van der Waals surface area contributed by atoms with Gasteiger partial charge in [0.05, 0.1) is 18.1 Å². The molecule has 0 aromatic heterocycles. The number of nitrogens with zero attached hydrogens (tertiary/aromatic N) is 1. The third kappa shape index (κ3) is 4.31. The van der Waals surface area contributed by atoms with Crippen LogP contribution in [0.3, 0.4) is 0 Å². The summed E-state index contributed by atoms with van der Waals surface area (Å²) in [5.41, 5.74) is 0.457. The molecule has 0 spiro atoms. The smallest absolute Gasteiger partial charge is 0.251 e. The normalized spacial score (nSPS) is 17.9. The number of carbonyl (C=O) groups is 1. The van der Waals surface area contributed by atoms with E-state index in [0.717, 1.165) is 0 Å². The molecule has 0 unspecified atom stereocenters. The Bertz CT molecular complexity index is 635. The zero-order valence-electron chi connectivity index (χ0n) is 13.8. The molecule has 128 valence electrons. The summed E-state index contributed by atoms with van der Waals surface area (Å²) in [5, 5.41) is 2.90. The molecule has 6 nitrogen and oxygen atoms in total. The maximum absolute atomic E-state index is 12.5. The number of ether oxygens (including phenoxy) is 1. The zero-order chi connectivity index (χ0) is 17.0. The molecule has 23 heavy (non-hydrogen) atoms. The minimum Gasteiger partial charge on any atom is -0.379 e. The van der Waals surface area contributed by atoms with Crippen LogP contribution in [-0.4, -0.2) is 51.0 Å². The van der Waals surface area contributed by atoms with Gasteiger partial charge >= 0.3 is 0 Å². The number of nitrogens with one attached hydrogen (secondary N) is 1. The van der Waals surface area contributed by atoms with E-state index < -0.39 is 10.0 Å². The molecule has 1 heterocycles. The Morgan fingerprint density at radius 3 is 2.22 bits per heavy atom. The molecule has 0 saturated carbocycles. The number of amides is 1. The van der Waals surface area contributed by atoms with Gasteiger partial charge in [0.15, 0.2) is 0 Å². The van der Waals surface area contributed by atoms with Gasteiger partial charge in [0.25, 0.3) is 5.91 Å². The fourth-order valence-corrected chi connectivity index (χ4v) is 3.58. The first-order valence-corrected chi connectivity index (χ1v) is 9.25. The van der Waals surface area contributed by atoms with Gasteiger partial charge in [-0.15, -0.1) is 0 Å². The van der Waals surface area contributed by atoms with E-state index in [0.29, 0.717) is 37.8 Å². The van der Waals surface area contributed by atoms with Crippen LogP contribution in [0.2, 0.25) is 0 Å². The molecule has 1 aliphatic rings. The Balaban J connectivity index is 2.11. The van der Waals surface area contributed by atoms with Crippen LogP contribution in [0.25, 0.3) is 0 Å². The van der Waals surface area contributed by atoms with Gasteiger partial charge in [-0.2, -0.15) is 4.31 Å². The lowest BCUT2D eigenvalue weighted by molar-refractivity contribution is 0.0730. The number of rotatable bonds is 5. The molecule has 0 radical (unpaired) electrons. The highest BCUT2D eigenvalue weighted by atomic mass is 32.2. The highest BCUT2D eigenvalue weighted by Gasteiger charge is 2.26. The molecule has 1 aromatic carbocycles. The maximum Gasteiger partial charge on any atom is 0.251 e. The van der Waals surface area contributed by atoms with Gasteiger partial charge in [-0.3, -0.25) is 4.79 Å². The first-order valence-electron chi connectivity index (χ1n) is 7.81. The highest BCUT2D eigenvalue weighted by Crippen LogP contribution is 2.18. The molecule has 1 fully saturated rings. The fraction of sp³-hybridized carbons (Fsp3) is 0.562. The summed E-state index contributed by atoms with van der Waals surface area (Å²) in [7, 11) is -3.52. The SMILES string of the molecule is CC(C)[C@@H](C)NC(=O)c1ccc(S(=O)(=O)N2CCOCC2)cc1. The number of sulfonamides is 1. The molecule has 1 saturated heterocycles. The topological polar surface area (TPSA) is 75.7 Å². The van der Waals surface area contributed by atoms with Gasteiger partial charge in [0.1, 0.15) is 0 Å². The van der Waals surface area contributed by atoms with Gasteiger partial charge in [-0.25, -0.2) is 8.42 Å². The van der Waals surface area contributed by atoms with Crippen LogP contribution >= 0.6 is 0 Å². The zero-order valence-corrected chi connectivity index (χ0v) is 14.6. The Morgan fingerprint density at radius 2 is 1.70 bits per heavy atom. The molecule has 1 amide bonds. The van der Waals surface area contributed by atoms with Crippen molar-refractivity contribution in [3.05, 3.63) is 29.8 Å². The van der Waals surface area contributed by atoms with Gasteiger partial charge in [0, 0.05) is 24.7 Å². The quantitative estimate of drug-likeness (QED) is 0.881. The lowest BCUT2D eigenvalue weighted by Crippen LogP contribution is -2.40. The average Bonchev–Trinajstić information content (AvgIpc) is 2.55. The lowest BCUT2D eigenvalue weighted by Gasteiger charge is -2.26. The van der Waals surface area contributed by atoms with Crippen molar-refractivity contribution in [2.24, 2.45) is 5.92 Å². The maximum atomic E-state index is 12.5. The van der Waals surface area contributed by atoms with Crippen LogP contribution in [0, 0.1) is 5.92 Å². The number of morpholine rings is 1. The van der Waals surface area contributed by atoms with Crippen molar-refractivity contribution in [1.82, 2.24) is 9.62 Å². The van der Waals surface area contributed by atoms with E-state index in [1.54, 1.807) is 12.1 Å². The standard InChI is InChI=1S/C16H24N2O4S/c1-12(2)13(3)17-16(19)14-4-6-15(7-5-14)23(20,21)18-8-10-22-11-9-18/h4-7,12-13H,8-11H2,1-3H3,(H,17,19)/t13-/m1/s1. The van der Waals surface area contributed by atoms with Crippen molar-refractivity contribution in [1.29, 1.82) is 0 Å². The van der Waals surface area contributed by atoms with Crippen molar-refractivity contribution in [2.45, 2.75) is 31.7 Å². The van der Waals surface area contributed by atoms with Crippen molar-refractivity contribution in [3.63, 3.8) is 0 Å². The van der Waals surface area contributed by atoms with Crippen molar-refractivity contribution in [3.8, 4) is 0 Å². The van der Waals surface area contributed by atoms with Crippen molar-refractivity contribution < 1.29 is 17.9 Å². The molecular formula is C16H24N2O4S. The van der Waals surface area contributed by atoms with E-state index in [4.69, 9.17) is 4.74 Å². The Morgan fingerprint density at radius 1 is 1.13 bits per heavy atom. The molecule has 2 rings (SSSR count). The first kappa shape index (κ1) is 17.9. The summed E-state index contributed by atoms with van der Waals surface area (Å²) < 4.78 is 31.6. The number of hydrogen-bond donors (Lipinski definition) is 1. The minimum absolute atomic E-state index is 0.0549. The molecule has 7 heteroatoms. The van der Waals surface area contributed by atoms with Crippen LogP contribution in [-0.2, 0) is 14.8 Å². The van der Waals surface area contributed by atoms with Gasteiger partial charge in [-0.05, 0) is 37.1 Å². The summed E-state index contributed by atoms with van der Waals surface area (Å²) in [5.74, 6) is 0.140. The Kier molecular flexibility index (Phi) is 5.78. The lowest BCUT2D eigenvalue weighted by atomic mass is 10.1. The van der Waals surface area contributed by atoms with Crippen LogP contribution in [0.15, 0.2) is 29.2 Å².